The zero-order valence-electron chi connectivity index (χ0n) is 13.5. The number of benzene rings is 1. The molecule has 106 valence electrons. The zero-order valence-corrected chi connectivity index (χ0v) is 14.5. The highest BCUT2D eigenvalue weighted by molar-refractivity contribution is 6.80. The van der Waals surface area contributed by atoms with Crippen LogP contribution in [0.3, 0.4) is 0 Å². The van der Waals surface area contributed by atoms with Crippen LogP contribution in [0.15, 0.2) is 41.6 Å². The maximum Gasteiger partial charge on any atom is 0.153 e. The van der Waals surface area contributed by atoms with Crippen LogP contribution in [0.1, 0.15) is 40.0 Å². The second-order valence-electron chi connectivity index (χ2n) is 5.95. The minimum atomic E-state index is -1.43. The monoisotopic (exact) mass is 275 g/mol. The Balaban J connectivity index is 3.37. The van der Waals surface area contributed by atoms with Crippen molar-refractivity contribution in [2.45, 2.75) is 59.7 Å². The van der Waals surface area contributed by atoms with E-state index in [1.165, 1.54) is 5.69 Å². The van der Waals surface area contributed by atoms with E-state index in [4.69, 9.17) is 0 Å². The first-order chi connectivity index (χ1) is 8.95. The lowest BCUT2D eigenvalue weighted by Crippen LogP contribution is -2.46. The molecule has 1 aromatic carbocycles. The van der Waals surface area contributed by atoms with Crippen molar-refractivity contribution in [3.8, 4) is 0 Å². The number of anilines is 1. The van der Waals surface area contributed by atoms with Crippen LogP contribution >= 0.6 is 0 Å². The summed E-state index contributed by atoms with van der Waals surface area (Å²) in [6.07, 6.45) is 3.44. The molecule has 0 aliphatic rings. The van der Waals surface area contributed by atoms with E-state index in [-0.39, 0.29) is 0 Å². The van der Waals surface area contributed by atoms with Crippen LogP contribution in [-0.4, -0.2) is 8.24 Å². The summed E-state index contributed by atoms with van der Waals surface area (Å²) in [5.74, 6) is 0. The maximum atomic E-state index is 2.65. The molecule has 0 amide bonds. The first-order valence-corrected chi connectivity index (χ1v) is 11.0. The number of allylic oxidation sites excluding steroid dienone is 2. The number of nitrogens with zero attached hydrogens (tertiary/aromatic N) is 1. The largest absolute Gasteiger partial charge is 0.373 e. The molecule has 0 saturated heterocycles. The van der Waals surface area contributed by atoms with Crippen molar-refractivity contribution in [3.63, 3.8) is 0 Å². The van der Waals surface area contributed by atoms with Crippen LogP contribution in [0.2, 0.25) is 19.6 Å². The Bertz CT molecular complexity index is 409. The first-order valence-electron chi connectivity index (χ1n) is 7.51. The molecule has 0 aromatic heterocycles. The van der Waals surface area contributed by atoms with Gasteiger partial charge in [-0.3, -0.25) is 0 Å². The predicted octanol–water partition coefficient (Wildman–Crippen LogP) is 5.81. The van der Waals surface area contributed by atoms with Crippen molar-refractivity contribution < 1.29 is 0 Å². The molecule has 1 rings (SSSR count). The molecule has 0 aliphatic heterocycles. The average molecular weight is 276 g/mol. The molecule has 0 heterocycles. The molecule has 0 bridgehead atoms. The molecule has 1 aromatic rings. The number of hydrogen-bond donors (Lipinski definition) is 0. The standard InChI is InChI=1S/C17H29NSi/c1-7-15(8-2)17(9-3)18(19(4,5)6)16-13-11-10-12-14-16/h10-14H,7-9H2,1-6H3. The summed E-state index contributed by atoms with van der Waals surface area (Å²) in [6, 6.07) is 10.9. The third kappa shape index (κ3) is 3.97. The van der Waals surface area contributed by atoms with Gasteiger partial charge in [0.2, 0.25) is 0 Å². The van der Waals surface area contributed by atoms with Crippen LogP contribution in [0, 0.1) is 0 Å². The average Bonchev–Trinajstić information content (AvgIpc) is 2.38. The van der Waals surface area contributed by atoms with Gasteiger partial charge >= 0.3 is 0 Å². The second kappa shape index (κ2) is 6.95. The highest BCUT2D eigenvalue weighted by atomic mass is 28.3. The Kier molecular flexibility index (Phi) is 5.86. The molecule has 0 aliphatic carbocycles. The third-order valence-corrected chi connectivity index (χ3v) is 5.42. The molecule has 0 unspecified atom stereocenters. The number of hydrogen-bond acceptors (Lipinski definition) is 1. The molecule has 1 nitrogen and oxygen atoms in total. The lowest BCUT2D eigenvalue weighted by molar-refractivity contribution is 0.888. The van der Waals surface area contributed by atoms with Crippen molar-refractivity contribution >= 4 is 13.9 Å². The number of rotatable bonds is 6. The van der Waals surface area contributed by atoms with Crippen molar-refractivity contribution in [3.05, 3.63) is 41.6 Å². The van der Waals surface area contributed by atoms with E-state index in [0.29, 0.717) is 0 Å². The summed E-state index contributed by atoms with van der Waals surface area (Å²) < 4.78 is 2.65. The van der Waals surface area contributed by atoms with Gasteiger partial charge in [-0.2, -0.15) is 0 Å². The summed E-state index contributed by atoms with van der Waals surface area (Å²) in [7, 11) is -1.43. The molecule has 0 spiro atoms. The Morgan fingerprint density at radius 1 is 0.895 bits per heavy atom. The summed E-state index contributed by atoms with van der Waals surface area (Å²) in [6.45, 7) is 14.1. The topological polar surface area (TPSA) is 3.24 Å². The Morgan fingerprint density at radius 3 is 1.79 bits per heavy atom. The smallest absolute Gasteiger partial charge is 0.153 e. The maximum absolute atomic E-state index is 2.65. The fourth-order valence-electron chi connectivity index (χ4n) is 2.75. The van der Waals surface area contributed by atoms with E-state index >= 15 is 0 Å². The van der Waals surface area contributed by atoms with Gasteiger partial charge in [-0.15, -0.1) is 0 Å². The Morgan fingerprint density at radius 2 is 1.42 bits per heavy atom. The fourth-order valence-corrected chi connectivity index (χ4v) is 4.80. The van der Waals surface area contributed by atoms with Crippen molar-refractivity contribution in [1.82, 2.24) is 0 Å². The van der Waals surface area contributed by atoms with Gasteiger partial charge in [0.25, 0.3) is 0 Å². The van der Waals surface area contributed by atoms with Gasteiger partial charge in [-0.25, -0.2) is 0 Å². The van der Waals surface area contributed by atoms with Crippen molar-refractivity contribution in [2.75, 3.05) is 4.57 Å². The van der Waals surface area contributed by atoms with Gasteiger partial charge in [0.15, 0.2) is 8.24 Å². The minimum Gasteiger partial charge on any atom is -0.373 e. The molecule has 0 saturated carbocycles. The van der Waals surface area contributed by atoms with Gasteiger partial charge in [0, 0.05) is 11.4 Å². The van der Waals surface area contributed by atoms with Crippen LogP contribution in [0.4, 0.5) is 5.69 Å². The summed E-state index contributed by atoms with van der Waals surface area (Å²) >= 11 is 0. The predicted molar refractivity (Wildman–Crippen MR) is 90.2 cm³/mol. The highest BCUT2D eigenvalue weighted by Crippen LogP contribution is 2.31. The van der Waals surface area contributed by atoms with E-state index in [1.807, 2.05) is 0 Å². The molecular formula is C17H29NSi. The quantitative estimate of drug-likeness (QED) is 0.592. The Hall–Kier alpha value is -1.02. The van der Waals surface area contributed by atoms with Gasteiger partial charge in [0.05, 0.1) is 0 Å². The first kappa shape index (κ1) is 16.0. The molecule has 0 fully saturated rings. The Labute approximate surface area is 120 Å². The SMILES string of the molecule is CCC(CC)=C(CC)N(c1ccccc1)[Si](C)(C)C. The van der Waals surface area contributed by atoms with E-state index in [2.05, 4.69) is 75.3 Å². The molecule has 0 N–H and O–H groups in total. The van der Waals surface area contributed by atoms with Gasteiger partial charge in [-0.05, 0) is 31.4 Å². The van der Waals surface area contributed by atoms with E-state index < -0.39 is 8.24 Å². The van der Waals surface area contributed by atoms with Gasteiger partial charge in [0.1, 0.15) is 0 Å². The molecular weight excluding hydrogens is 246 g/mol. The molecule has 2 heteroatoms. The van der Waals surface area contributed by atoms with Gasteiger partial charge in [-0.1, -0.05) is 64.2 Å². The summed E-state index contributed by atoms with van der Waals surface area (Å²) in [5.41, 5.74) is 4.52. The highest BCUT2D eigenvalue weighted by Gasteiger charge is 2.27. The lowest BCUT2D eigenvalue weighted by atomic mass is 10.1. The molecule has 0 atom stereocenters. The summed E-state index contributed by atoms with van der Waals surface area (Å²) in [4.78, 5) is 0. The molecule has 19 heavy (non-hydrogen) atoms. The second-order valence-corrected chi connectivity index (χ2v) is 10.7. The zero-order chi connectivity index (χ0) is 14.5. The van der Waals surface area contributed by atoms with Crippen LogP contribution in [0.5, 0.6) is 0 Å². The summed E-state index contributed by atoms with van der Waals surface area (Å²) in [5, 5.41) is 0. The normalized spacial score (nSPS) is 11.3. The van der Waals surface area contributed by atoms with E-state index in [0.717, 1.165) is 19.3 Å². The minimum absolute atomic E-state index is 1.12. The van der Waals surface area contributed by atoms with Crippen LogP contribution in [0.25, 0.3) is 0 Å². The lowest BCUT2D eigenvalue weighted by Gasteiger charge is -2.39. The van der Waals surface area contributed by atoms with E-state index in [9.17, 15) is 0 Å². The van der Waals surface area contributed by atoms with Crippen molar-refractivity contribution in [1.29, 1.82) is 0 Å². The van der Waals surface area contributed by atoms with Crippen molar-refractivity contribution in [2.24, 2.45) is 0 Å². The fraction of sp³-hybridized carbons (Fsp3) is 0.529. The third-order valence-electron chi connectivity index (χ3n) is 3.55. The van der Waals surface area contributed by atoms with Gasteiger partial charge < -0.3 is 4.57 Å². The van der Waals surface area contributed by atoms with Crippen LogP contribution < -0.4 is 4.57 Å². The van der Waals surface area contributed by atoms with E-state index in [1.54, 1.807) is 11.3 Å². The van der Waals surface area contributed by atoms with Crippen LogP contribution in [-0.2, 0) is 0 Å². The molecule has 0 radical (unpaired) electrons. The number of para-hydroxylation sites is 1.